The molecule has 0 aliphatic rings. The molecule has 210 valence electrons. The highest BCUT2D eigenvalue weighted by Crippen LogP contribution is 2.22. The van der Waals surface area contributed by atoms with E-state index in [1.807, 2.05) is 19.9 Å². The molecule has 0 radical (unpaired) electrons. The van der Waals surface area contributed by atoms with Crippen LogP contribution in [0.1, 0.15) is 45.2 Å². The van der Waals surface area contributed by atoms with Crippen molar-refractivity contribution in [3.63, 3.8) is 0 Å². The molecule has 4 rings (SSSR count). The van der Waals surface area contributed by atoms with Crippen molar-refractivity contribution in [1.82, 2.24) is 45.8 Å². The lowest BCUT2D eigenvalue weighted by molar-refractivity contribution is 0.00641. The highest BCUT2D eigenvalue weighted by molar-refractivity contribution is 6.28. The van der Waals surface area contributed by atoms with Gasteiger partial charge in [0, 0.05) is 47.5 Å². The fourth-order valence-corrected chi connectivity index (χ4v) is 4.12. The fraction of sp³-hybridized carbons (Fsp3) is 0.385. The number of fused-ring (bicyclic) bond motifs is 1. The van der Waals surface area contributed by atoms with Crippen LogP contribution in [0, 0.1) is 0 Å². The van der Waals surface area contributed by atoms with Crippen molar-refractivity contribution >= 4 is 34.8 Å². The second-order valence-corrected chi connectivity index (χ2v) is 10.9. The van der Waals surface area contributed by atoms with Crippen LogP contribution in [0.4, 0.5) is 9.59 Å². The number of rotatable bonds is 10. The number of nitrogens with zero attached hydrogens (tertiary/aromatic N) is 6. The van der Waals surface area contributed by atoms with Crippen molar-refractivity contribution < 1.29 is 19.4 Å². The first kappa shape index (κ1) is 28.6. The molecule has 4 heterocycles. The summed E-state index contributed by atoms with van der Waals surface area (Å²) < 4.78 is 5.69. The Morgan fingerprint density at radius 3 is 2.35 bits per heavy atom. The molecule has 13 nitrogen and oxygen atoms in total. The lowest BCUT2D eigenvalue weighted by Crippen LogP contribution is -2.55. The molecule has 0 fully saturated rings. The molecule has 4 aromatic rings. The molecule has 4 N–H and O–H groups in total. The van der Waals surface area contributed by atoms with E-state index < -0.39 is 29.4 Å². The standard InChI is InChI=1S/C26H30ClN9O4/c1-25(2,6-5-15-9-28-20(29-10-15)17-8-18-14-33-36-21(18)30-13-17)35-24(39)40-26(3,4)19(34-23(37)38)7-16-11-31-22(27)32-12-16/h8-14,19,34H,5-7H2,1-4H3,(H,35,39)(H,37,38)(H,30,33,36). The van der Waals surface area contributed by atoms with Crippen molar-refractivity contribution in [1.29, 1.82) is 0 Å². The molecule has 0 spiro atoms. The second kappa shape index (κ2) is 11.8. The van der Waals surface area contributed by atoms with Gasteiger partial charge in [0.05, 0.1) is 12.2 Å². The first-order valence-electron chi connectivity index (χ1n) is 12.5. The summed E-state index contributed by atoms with van der Waals surface area (Å²) in [7, 11) is 0. The fourth-order valence-electron chi connectivity index (χ4n) is 4.02. The normalized spacial score (nSPS) is 12.6. The summed E-state index contributed by atoms with van der Waals surface area (Å²) in [6.07, 6.45) is 9.33. The Labute approximate surface area is 235 Å². The van der Waals surface area contributed by atoms with Crippen molar-refractivity contribution in [3.05, 3.63) is 59.7 Å². The number of pyridine rings is 1. The van der Waals surface area contributed by atoms with E-state index in [1.54, 1.807) is 38.6 Å². The van der Waals surface area contributed by atoms with E-state index in [-0.39, 0.29) is 11.7 Å². The van der Waals surface area contributed by atoms with Gasteiger partial charge in [0.15, 0.2) is 11.5 Å². The Balaban J connectivity index is 1.33. The third-order valence-electron chi connectivity index (χ3n) is 6.34. The van der Waals surface area contributed by atoms with Gasteiger partial charge in [0.1, 0.15) is 5.60 Å². The minimum Gasteiger partial charge on any atom is -0.465 e. The van der Waals surface area contributed by atoms with Gasteiger partial charge in [-0.25, -0.2) is 34.5 Å². The van der Waals surface area contributed by atoms with Gasteiger partial charge in [-0.15, -0.1) is 0 Å². The number of carboxylic acid groups (broad SMARTS) is 1. The molecule has 40 heavy (non-hydrogen) atoms. The molecular formula is C26H30ClN9O4. The number of nitrogens with one attached hydrogen (secondary N) is 3. The van der Waals surface area contributed by atoms with Gasteiger partial charge in [0.25, 0.3) is 0 Å². The predicted molar refractivity (Wildman–Crippen MR) is 147 cm³/mol. The minimum atomic E-state index is -1.25. The predicted octanol–water partition coefficient (Wildman–Crippen LogP) is 3.95. The van der Waals surface area contributed by atoms with E-state index in [9.17, 15) is 14.7 Å². The molecule has 14 heteroatoms. The summed E-state index contributed by atoms with van der Waals surface area (Å²) in [5, 5.41) is 22.4. The summed E-state index contributed by atoms with van der Waals surface area (Å²) in [6, 6.07) is 1.14. The van der Waals surface area contributed by atoms with Gasteiger partial charge >= 0.3 is 12.2 Å². The van der Waals surface area contributed by atoms with E-state index in [2.05, 4.69) is 45.8 Å². The Morgan fingerprint density at radius 2 is 1.68 bits per heavy atom. The number of hydrogen-bond donors (Lipinski definition) is 4. The van der Waals surface area contributed by atoms with Gasteiger partial charge in [-0.2, -0.15) is 5.10 Å². The molecule has 1 atom stereocenters. The highest BCUT2D eigenvalue weighted by Gasteiger charge is 2.36. The number of carbonyl (C=O) groups excluding carboxylic acids is 1. The quantitative estimate of drug-likeness (QED) is 0.205. The lowest BCUT2D eigenvalue weighted by Gasteiger charge is -2.35. The molecule has 2 amide bonds. The maximum absolute atomic E-state index is 12.9. The number of aromatic amines is 1. The zero-order valence-electron chi connectivity index (χ0n) is 22.5. The molecule has 1 unspecified atom stereocenters. The average Bonchev–Trinajstić information content (AvgIpc) is 3.36. The molecular weight excluding hydrogens is 538 g/mol. The number of alkyl carbamates (subject to hydrolysis) is 1. The number of ether oxygens (including phenoxy) is 1. The van der Waals surface area contributed by atoms with Crippen molar-refractivity contribution in [2.75, 3.05) is 0 Å². The van der Waals surface area contributed by atoms with Crippen molar-refractivity contribution in [2.45, 2.75) is 64.1 Å². The zero-order chi connectivity index (χ0) is 28.9. The molecule has 0 aliphatic heterocycles. The molecule has 4 aromatic heterocycles. The average molecular weight is 568 g/mol. The van der Waals surface area contributed by atoms with Crippen LogP contribution < -0.4 is 10.6 Å². The van der Waals surface area contributed by atoms with Gasteiger partial charge < -0.3 is 20.5 Å². The minimum absolute atomic E-state index is 0.0793. The van der Waals surface area contributed by atoms with Crippen LogP contribution in [0.25, 0.3) is 22.4 Å². The van der Waals surface area contributed by atoms with E-state index >= 15 is 0 Å². The number of halogens is 1. The van der Waals surface area contributed by atoms with Gasteiger partial charge in [-0.1, -0.05) is 0 Å². The SMILES string of the molecule is CC(C)(CCc1cnc(-c2cnc3[nH]ncc3c2)nc1)NC(=O)OC(C)(C)C(Cc1cnc(Cl)nc1)NC(=O)O. The Morgan fingerprint density at radius 1 is 1.00 bits per heavy atom. The van der Waals surface area contributed by atoms with Crippen LogP contribution in [0.15, 0.2) is 43.2 Å². The Hall–Kier alpha value is -4.39. The van der Waals surface area contributed by atoms with E-state index in [1.165, 1.54) is 12.4 Å². The largest absolute Gasteiger partial charge is 0.465 e. The molecule has 0 saturated carbocycles. The van der Waals surface area contributed by atoms with Gasteiger partial charge in [-0.3, -0.25) is 5.10 Å². The molecule has 0 aliphatic carbocycles. The van der Waals surface area contributed by atoms with E-state index in [4.69, 9.17) is 16.3 Å². The maximum Gasteiger partial charge on any atom is 0.408 e. The van der Waals surface area contributed by atoms with Crippen LogP contribution in [0.3, 0.4) is 0 Å². The highest BCUT2D eigenvalue weighted by atomic mass is 35.5. The maximum atomic E-state index is 12.9. The van der Waals surface area contributed by atoms with E-state index in [0.29, 0.717) is 29.9 Å². The van der Waals surface area contributed by atoms with Gasteiger partial charge in [0.2, 0.25) is 5.28 Å². The lowest BCUT2D eigenvalue weighted by atomic mass is 9.93. The van der Waals surface area contributed by atoms with E-state index in [0.717, 1.165) is 16.5 Å². The number of hydrogen-bond acceptors (Lipinski definition) is 9. The second-order valence-electron chi connectivity index (χ2n) is 10.5. The number of H-pyrrole nitrogens is 1. The number of amides is 2. The van der Waals surface area contributed by atoms with Crippen LogP contribution in [0.5, 0.6) is 0 Å². The summed E-state index contributed by atoms with van der Waals surface area (Å²) in [6.45, 7) is 7.02. The van der Waals surface area contributed by atoms with Crippen molar-refractivity contribution in [3.8, 4) is 11.4 Å². The summed E-state index contributed by atoms with van der Waals surface area (Å²) >= 11 is 5.74. The molecule has 0 aromatic carbocycles. The third-order valence-corrected chi connectivity index (χ3v) is 6.54. The third kappa shape index (κ3) is 7.59. The zero-order valence-corrected chi connectivity index (χ0v) is 23.2. The monoisotopic (exact) mass is 567 g/mol. The first-order chi connectivity index (χ1) is 18.9. The first-order valence-corrected chi connectivity index (χ1v) is 12.9. The topological polar surface area (TPSA) is 181 Å². The summed E-state index contributed by atoms with van der Waals surface area (Å²) in [4.78, 5) is 45.4. The van der Waals surface area contributed by atoms with Crippen LogP contribution in [-0.4, -0.2) is 69.6 Å². The van der Waals surface area contributed by atoms with Crippen LogP contribution in [0.2, 0.25) is 5.28 Å². The number of carbonyl (C=O) groups is 2. The number of aryl methyl sites for hydroxylation is 1. The molecule has 0 saturated heterocycles. The Bertz CT molecular complexity index is 1470. The van der Waals surface area contributed by atoms with Crippen LogP contribution >= 0.6 is 11.6 Å². The summed E-state index contributed by atoms with van der Waals surface area (Å²) in [5.41, 5.74) is 1.18. The summed E-state index contributed by atoms with van der Waals surface area (Å²) in [5.74, 6) is 0.553. The van der Waals surface area contributed by atoms with Crippen molar-refractivity contribution in [2.24, 2.45) is 0 Å². The van der Waals surface area contributed by atoms with Gasteiger partial charge in [-0.05, 0) is 75.8 Å². The molecule has 0 bridgehead atoms. The number of aromatic nitrogens is 7. The smallest absolute Gasteiger partial charge is 0.408 e. The Kier molecular flexibility index (Phi) is 8.43. The van der Waals surface area contributed by atoms with Crippen LogP contribution in [-0.2, 0) is 17.6 Å².